The number of anilines is 1. The van der Waals surface area contributed by atoms with Crippen LogP contribution in [-0.2, 0) is 15.7 Å². The Morgan fingerprint density at radius 3 is 2.31 bits per heavy atom. The van der Waals surface area contributed by atoms with Gasteiger partial charge >= 0.3 is 12.3 Å². The molecule has 0 bridgehead atoms. The molecule has 8 nitrogen and oxygen atoms in total. The van der Waals surface area contributed by atoms with Crippen LogP contribution in [0.25, 0.3) is 0 Å². The van der Waals surface area contributed by atoms with Crippen molar-refractivity contribution in [1.82, 2.24) is 9.91 Å². The lowest BCUT2D eigenvalue weighted by Crippen LogP contribution is -2.45. The minimum atomic E-state index is -4.48. The first-order valence-corrected chi connectivity index (χ1v) is 12.9. The molecule has 0 saturated heterocycles. The normalized spacial score (nSPS) is 15.5. The van der Waals surface area contributed by atoms with Gasteiger partial charge in [0.05, 0.1) is 30.5 Å². The highest BCUT2D eigenvalue weighted by Crippen LogP contribution is 2.30. The second kappa shape index (κ2) is 13.0. The molecule has 1 atom stereocenters. The fourth-order valence-electron chi connectivity index (χ4n) is 3.63. The third kappa shape index (κ3) is 9.08. The van der Waals surface area contributed by atoms with Crippen LogP contribution in [0.2, 0.25) is 0 Å². The summed E-state index contributed by atoms with van der Waals surface area (Å²) in [7, 11) is 1.49. The van der Waals surface area contributed by atoms with Gasteiger partial charge in [0.25, 0.3) is 0 Å². The van der Waals surface area contributed by atoms with Crippen LogP contribution in [0.5, 0.6) is 5.75 Å². The molecule has 0 fully saturated rings. The summed E-state index contributed by atoms with van der Waals surface area (Å²) < 4.78 is 47.3. The SMILES string of the molecule is CCCOc1ccc(C2=NN(CC(=O)Nc3ccc(C(F)(F)F)cc3)CC2N(C)C(=O)OCC(Cl)(Cl)Cl)cc1. The van der Waals surface area contributed by atoms with Crippen molar-refractivity contribution in [3.63, 3.8) is 0 Å². The van der Waals surface area contributed by atoms with Crippen molar-refractivity contribution in [2.75, 3.05) is 38.7 Å². The van der Waals surface area contributed by atoms with Crippen molar-refractivity contribution in [3.8, 4) is 5.75 Å². The van der Waals surface area contributed by atoms with Crippen LogP contribution < -0.4 is 10.1 Å². The van der Waals surface area contributed by atoms with Gasteiger partial charge in [0.1, 0.15) is 18.9 Å². The van der Waals surface area contributed by atoms with Crippen LogP contribution in [-0.4, -0.2) is 70.8 Å². The summed E-state index contributed by atoms with van der Waals surface area (Å²) in [5.74, 6) is 0.155. The molecular formula is C25H26Cl3F3N4O4. The Bertz CT molecular complexity index is 1170. The van der Waals surface area contributed by atoms with Crippen molar-refractivity contribution in [2.24, 2.45) is 5.10 Å². The van der Waals surface area contributed by atoms with Crippen LogP contribution in [0.15, 0.2) is 53.6 Å². The minimum absolute atomic E-state index is 0.128. The lowest BCUT2D eigenvalue weighted by molar-refractivity contribution is -0.137. The number of benzene rings is 2. The van der Waals surface area contributed by atoms with Gasteiger partial charge in [-0.05, 0) is 55.0 Å². The monoisotopic (exact) mass is 608 g/mol. The summed E-state index contributed by atoms with van der Waals surface area (Å²) in [6.07, 6.45) is -4.40. The molecule has 3 rings (SSSR count). The third-order valence-electron chi connectivity index (χ3n) is 5.51. The summed E-state index contributed by atoms with van der Waals surface area (Å²) >= 11 is 17.1. The van der Waals surface area contributed by atoms with Crippen molar-refractivity contribution in [2.45, 2.75) is 29.4 Å². The molecule has 1 aliphatic heterocycles. The zero-order valence-corrected chi connectivity index (χ0v) is 23.2. The highest BCUT2D eigenvalue weighted by Gasteiger charge is 2.36. The summed E-state index contributed by atoms with van der Waals surface area (Å²) in [6.45, 7) is 1.98. The van der Waals surface area contributed by atoms with E-state index in [-0.39, 0.29) is 18.8 Å². The Morgan fingerprint density at radius 1 is 1.10 bits per heavy atom. The van der Waals surface area contributed by atoms with E-state index < -0.39 is 40.2 Å². The summed E-state index contributed by atoms with van der Waals surface area (Å²) in [6, 6.07) is 10.6. The molecule has 2 aromatic rings. The average Bonchev–Trinajstić information content (AvgIpc) is 3.28. The van der Waals surface area contributed by atoms with Crippen LogP contribution in [0.1, 0.15) is 24.5 Å². The Kier molecular flexibility index (Phi) is 10.2. The fraction of sp³-hybridized carbons (Fsp3) is 0.400. The van der Waals surface area contributed by atoms with Crippen LogP contribution in [0.3, 0.4) is 0 Å². The van der Waals surface area contributed by atoms with E-state index in [1.807, 2.05) is 6.92 Å². The van der Waals surface area contributed by atoms with E-state index in [4.69, 9.17) is 44.3 Å². The number of alkyl halides is 6. The molecular weight excluding hydrogens is 584 g/mol. The number of amides is 2. The number of likely N-dealkylation sites (N-methyl/N-ethyl adjacent to an activating group) is 1. The lowest BCUT2D eigenvalue weighted by Gasteiger charge is -2.26. The van der Waals surface area contributed by atoms with Gasteiger partial charge in [-0.25, -0.2) is 4.79 Å². The third-order valence-corrected chi connectivity index (χ3v) is 5.84. The molecule has 14 heteroatoms. The van der Waals surface area contributed by atoms with Crippen LogP contribution in [0.4, 0.5) is 23.7 Å². The van der Waals surface area contributed by atoms with Crippen LogP contribution in [0, 0.1) is 0 Å². The smallest absolute Gasteiger partial charge is 0.416 e. The maximum absolute atomic E-state index is 12.8. The Balaban J connectivity index is 1.75. The minimum Gasteiger partial charge on any atom is -0.494 e. The van der Waals surface area contributed by atoms with Gasteiger partial charge in [0, 0.05) is 18.3 Å². The number of ether oxygens (including phenoxy) is 2. The molecule has 1 heterocycles. The molecule has 2 aromatic carbocycles. The highest BCUT2D eigenvalue weighted by molar-refractivity contribution is 6.67. The van der Waals surface area contributed by atoms with E-state index in [0.29, 0.717) is 23.6 Å². The van der Waals surface area contributed by atoms with E-state index in [1.54, 1.807) is 24.3 Å². The zero-order chi connectivity index (χ0) is 28.8. The first-order chi connectivity index (χ1) is 18.3. The Morgan fingerprint density at radius 2 is 1.74 bits per heavy atom. The molecule has 1 unspecified atom stereocenters. The number of rotatable bonds is 9. The van der Waals surface area contributed by atoms with Gasteiger partial charge in [0.15, 0.2) is 0 Å². The number of carbonyl (C=O) groups is 2. The molecule has 0 aliphatic carbocycles. The largest absolute Gasteiger partial charge is 0.494 e. The van der Waals surface area contributed by atoms with Gasteiger partial charge in [-0.15, -0.1) is 0 Å². The Hall–Kier alpha value is -2.89. The number of carbonyl (C=O) groups excluding carboxylic acids is 2. The molecule has 0 spiro atoms. The molecule has 0 saturated carbocycles. The molecule has 39 heavy (non-hydrogen) atoms. The number of hydrogen-bond acceptors (Lipinski definition) is 6. The van der Waals surface area contributed by atoms with E-state index >= 15 is 0 Å². The average molecular weight is 610 g/mol. The first-order valence-electron chi connectivity index (χ1n) is 11.8. The van der Waals surface area contributed by atoms with E-state index in [9.17, 15) is 22.8 Å². The molecule has 0 aromatic heterocycles. The summed E-state index contributed by atoms with van der Waals surface area (Å²) in [5, 5.41) is 8.54. The summed E-state index contributed by atoms with van der Waals surface area (Å²) in [4.78, 5) is 26.6. The number of nitrogens with one attached hydrogen (secondary N) is 1. The standard InChI is InChI=1S/C25H26Cl3F3N4O4/c1-3-12-38-19-10-4-16(5-11-19)22-20(34(2)23(37)39-15-24(26,27)28)13-35(33-22)14-21(36)32-18-8-6-17(7-9-18)25(29,30)31/h4-11,20H,3,12-15H2,1-2H3,(H,32,36). The second-order valence-electron chi connectivity index (χ2n) is 8.62. The van der Waals surface area contributed by atoms with Crippen molar-refractivity contribution < 1.29 is 32.2 Å². The van der Waals surface area contributed by atoms with Gasteiger partial charge in [-0.2, -0.15) is 18.3 Å². The second-order valence-corrected chi connectivity index (χ2v) is 11.1. The number of hydrogen-bond donors (Lipinski definition) is 1. The van der Waals surface area contributed by atoms with Gasteiger partial charge in [-0.1, -0.05) is 41.7 Å². The fourth-order valence-corrected chi connectivity index (χ4v) is 3.79. The number of hydrazone groups is 1. The van der Waals surface area contributed by atoms with E-state index in [1.165, 1.54) is 29.1 Å². The van der Waals surface area contributed by atoms with Gasteiger partial charge in [-0.3, -0.25) is 9.80 Å². The molecule has 0 radical (unpaired) electrons. The highest BCUT2D eigenvalue weighted by atomic mass is 35.6. The molecule has 212 valence electrons. The lowest BCUT2D eigenvalue weighted by atomic mass is 10.0. The van der Waals surface area contributed by atoms with Crippen molar-refractivity contribution in [1.29, 1.82) is 0 Å². The predicted molar refractivity (Wildman–Crippen MR) is 144 cm³/mol. The summed E-state index contributed by atoms with van der Waals surface area (Å²) in [5.41, 5.74) is 0.527. The van der Waals surface area contributed by atoms with Gasteiger partial charge in [0.2, 0.25) is 9.70 Å². The molecule has 1 aliphatic rings. The maximum atomic E-state index is 12.8. The maximum Gasteiger partial charge on any atom is 0.416 e. The number of nitrogens with zero attached hydrogens (tertiary/aromatic N) is 3. The predicted octanol–water partition coefficient (Wildman–Crippen LogP) is 5.96. The van der Waals surface area contributed by atoms with Crippen LogP contribution >= 0.6 is 34.8 Å². The van der Waals surface area contributed by atoms with E-state index in [0.717, 1.165) is 18.6 Å². The molecule has 2 amide bonds. The molecule has 1 N–H and O–H groups in total. The van der Waals surface area contributed by atoms with E-state index in [2.05, 4.69) is 10.4 Å². The van der Waals surface area contributed by atoms with Crippen molar-refractivity contribution >= 4 is 58.2 Å². The quantitative estimate of drug-likeness (QED) is 0.355. The number of halogens is 6. The van der Waals surface area contributed by atoms with Gasteiger partial charge < -0.3 is 19.7 Å². The topological polar surface area (TPSA) is 83.5 Å². The Labute approximate surface area is 238 Å². The zero-order valence-electron chi connectivity index (χ0n) is 21.0. The van der Waals surface area contributed by atoms with Crippen molar-refractivity contribution in [3.05, 3.63) is 59.7 Å². The first kappa shape index (κ1) is 30.6.